The van der Waals surface area contributed by atoms with Crippen molar-refractivity contribution in [1.29, 1.82) is 0 Å². The Bertz CT molecular complexity index is 1140. The smallest absolute Gasteiger partial charge is 0.258 e. The molecule has 2 heterocycles. The molecule has 6 heteroatoms. The van der Waals surface area contributed by atoms with Crippen LogP contribution in [0.2, 0.25) is 0 Å². The topological polar surface area (TPSA) is 63.8 Å². The number of nitrogens with zero attached hydrogens (tertiary/aromatic N) is 3. The van der Waals surface area contributed by atoms with Crippen molar-refractivity contribution in [2.75, 3.05) is 7.05 Å². The van der Waals surface area contributed by atoms with Gasteiger partial charge in [-0.05, 0) is 45.5 Å². The van der Waals surface area contributed by atoms with Crippen molar-refractivity contribution in [3.63, 3.8) is 0 Å². The summed E-state index contributed by atoms with van der Waals surface area (Å²) in [6.45, 7) is 6.31. The lowest BCUT2D eigenvalue weighted by Gasteiger charge is -2.10. The van der Waals surface area contributed by atoms with Crippen molar-refractivity contribution in [1.82, 2.24) is 20.4 Å². The summed E-state index contributed by atoms with van der Waals surface area (Å²) >= 11 is 0. The van der Waals surface area contributed by atoms with Gasteiger partial charge in [-0.15, -0.1) is 12.4 Å². The number of aromatic nitrogens is 3. The van der Waals surface area contributed by atoms with Gasteiger partial charge in [0.15, 0.2) is 5.82 Å². The predicted molar refractivity (Wildman–Crippen MR) is 119 cm³/mol. The highest BCUT2D eigenvalue weighted by Gasteiger charge is 2.16. The Hall–Kier alpha value is -2.76. The average Bonchev–Trinajstić information content (AvgIpc) is 3.15. The lowest BCUT2D eigenvalue weighted by molar-refractivity contribution is 0.418. The normalized spacial score (nSPS) is 12.0. The highest BCUT2D eigenvalue weighted by atomic mass is 35.5. The lowest BCUT2D eigenvalue weighted by Crippen LogP contribution is -2.24. The molecule has 0 amide bonds. The second-order valence-corrected chi connectivity index (χ2v) is 7.30. The molecule has 5 nitrogen and oxygen atoms in total. The first-order chi connectivity index (χ1) is 13.5. The Kier molecular flexibility index (Phi) is 6.30. The summed E-state index contributed by atoms with van der Waals surface area (Å²) in [5, 5.41) is 8.38. The van der Waals surface area contributed by atoms with Crippen LogP contribution in [-0.4, -0.2) is 28.2 Å². The van der Waals surface area contributed by atoms with Gasteiger partial charge in [0.25, 0.3) is 5.89 Å². The van der Waals surface area contributed by atoms with E-state index in [-0.39, 0.29) is 18.4 Å². The SMILES string of the molecule is CNC(C)Cc1noc(-c2cc(-c3ccc(C)cc3C)nc3ccccc23)n1.Cl. The van der Waals surface area contributed by atoms with Crippen molar-refractivity contribution in [2.45, 2.75) is 33.2 Å². The van der Waals surface area contributed by atoms with Crippen molar-refractivity contribution < 1.29 is 4.52 Å². The number of hydrogen-bond donors (Lipinski definition) is 1. The highest BCUT2D eigenvalue weighted by molar-refractivity contribution is 5.94. The van der Waals surface area contributed by atoms with E-state index in [1.807, 2.05) is 31.3 Å². The minimum atomic E-state index is 0. The molecule has 4 rings (SSSR count). The summed E-state index contributed by atoms with van der Waals surface area (Å²) in [6, 6.07) is 16.8. The third-order valence-corrected chi connectivity index (χ3v) is 5.05. The first-order valence-electron chi connectivity index (χ1n) is 9.53. The lowest BCUT2D eigenvalue weighted by atomic mass is 9.99. The van der Waals surface area contributed by atoms with Gasteiger partial charge in [-0.3, -0.25) is 0 Å². The molecule has 29 heavy (non-hydrogen) atoms. The zero-order chi connectivity index (χ0) is 19.7. The molecule has 4 aromatic rings. The predicted octanol–water partition coefficient (Wildman–Crippen LogP) is 5.14. The number of aryl methyl sites for hydroxylation is 2. The number of hydrogen-bond acceptors (Lipinski definition) is 5. The molecule has 0 radical (unpaired) electrons. The number of nitrogens with one attached hydrogen (secondary N) is 1. The number of benzene rings is 2. The Morgan fingerprint density at radius 1 is 1.00 bits per heavy atom. The fourth-order valence-corrected chi connectivity index (χ4v) is 3.41. The quantitative estimate of drug-likeness (QED) is 0.495. The van der Waals surface area contributed by atoms with Gasteiger partial charge >= 0.3 is 0 Å². The Labute approximate surface area is 177 Å². The first kappa shape index (κ1) is 21.0. The van der Waals surface area contributed by atoms with Crippen LogP contribution in [0.3, 0.4) is 0 Å². The monoisotopic (exact) mass is 408 g/mol. The molecule has 0 fully saturated rings. The molecular weight excluding hydrogens is 384 g/mol. The molecule has 2 aromatic carbocycles. The largest absolute Gasteiger partial charge is 0.334 e. The molecule has 1 N–H and O–H groups in total. The fourth-order valence-electron chi connectivity index (χ4n) is 3.41. The van der Waals surface area contributed by atoms with Crippen LogP contribution in [0.25, 0.3) is 33.6 Å². The zero-order valence-electron chi connectivity index (χ0n) is 17.1. The van der Waals surface area contributed by atoms with Crippen LogP contribution in [0.1, 0.15) is 23.9 Å². The van der Waals surface area contributed by atoms with E-state index >= 15 is 0 Å². The fraction of sp³-hybridized carbons (Fsp3) is 0.261. The number of halogens is 1. The van der Waals surface area contributed by atoms with Gasteiger partial charge in [-0.25, -0.2) is 4.98 Å². The van der Waals surface area contributed by atoms with Crippen LogP contribution in [0.5, 0.6) is 0 Å². The Morgan fingerprint density at radius 3 is 2.55 bits per heavy atom. The molecule has 150 valence electrons. The molecule has 1 atom stereocenters. The van der Waals surface area contributed by atoms with Gasteiger partial charge in [0.05, 0.1) is 16.8 Å². The van der Waals surface area contributed by atoms with Gasteiger partial charge in [0.2, 0.25) is 0 Å². The standard InChI is InChI=1S/C23H24N4O.ClH/c1-14-9-10-17(15(2)11-14)21-13-19(18-7-5-6-8-20(18)25-21)23-26-22(27-28-23)12-16(3)24-4;/h5-11,13,16,24H,12H2,1-4H3;1H. The second kappa shape index (κ2) is 8.72. The molecule has 0 bridgehead atoms. The summed E-state index contributed by atoms with van der Waals surface area (Å²) < 4.78 is 5.63. The van der Waals surface area contributed by atoms with E-state index in [0.29, 0.717) is 18.1 Å². The van der Waals surface area contributed by atoms with Gasteiger partial charge in [-0.2, -0.15) is 4.98 Å². The summed E-state index contributed by atoms with van der Waals surface area (Å²) in [5.41, 5.74) is 6.29. The molecule has 0 aliphatic heterocycles. The first-order valence-corrected chi connectivity index (χ1v) is 9.53. The highest BCUT2D eigenvalue weighted by Crippen LogP contribution is 2.32. The Morgan fingerprint density at radius 2 is 1.79 bits per heavy atom. The maximum atomic E-state index is 5.63. The van der Waals surface area contributed by atoms with E-state index in [0.717, 1.165) is 27.7 Å². The van der Waals surface area contributed by atoms with E-state index < -0.39 is 0 Å². The van der Waals surface area contributed by atoms with Crippen LogP contribution in [0.15, 0.2) is 53.1 Å². The molecule has 0 spiro atoms. The molecular formula is C23H25ClN4O. The van der Waals surface area contributed by atoms with Crippen LogP contribution >= 0.6 is 12.4 Å². The van der Waals surface area contributed by atoms with Crippen LogP contribution < -0.4 is 5.32 Å². The maximum absolute atomic E-state index is 5.63. The number of para-hydroxylation sites is 1. The van der Waals surface area contributed by atoms with Crippen molar-refractivity contribution >= 4 is 23.3 Å². The molecule has 0 aliphatic carbocycles. The number of pyridine rings is 1. The number of fused-ring (bicyclic) bond motifs is 1. The minimum absolute atomic E-state index is 0. The average molecular weight is 409 g/mol. The van der Waals surface area contributed by atoms with Crippen molar-refractivity contribution in [3.05, 3.63) is 65.5 Å². The van der Waals surface area contributed by atoms with Gasteiger partial charge in [0, 0.05) is 23.4 Å². The molecule has 0 saturated carbocycles. The third-order valence-electron chi connectivity index (χ3n) is 5.05. The second-order valence-electron chi connectivity index (χ2n) is 7.30. The maximum Gasteiger partial charge on any atom is 0.258 e. The van der Waals surface area contributed by atoms with Crippen molar-refractivity contribution in [2.24, 2.45) is 0 Å². The zero-order valence-corrected chi connectivity index (χ0v) is 17.9. The summed E-state index contributed by atoms with van der Waals surface area (Å²) in [5.74, 6) is 1.23. The van der Waals surface area contributed by atoms with Crippen molar-refractivity contribution in [3.8, 4) is 22.7 Å². The van der Waals surface area contributed by atoms with E-state index in [9.17, 15) is 0 Å². The Balaban J connectivity index is 0.00000240. The van der Waals surface area contributed by atoms with Crippen LogP contribution in [0, 0.1) is 13.8 Å². The molecule has 1 unspecified atom stereocenters. The molecule has 0 saturated heterocycles. The van der Waals surface area contributed by atoms with Gasteiger partial charge < -0.3 is 9.84 Å². The minimum Gasteiger partial charge on any atom is -0.334 e. The number of rotatable bonds is 5. The van der Waals surface area contributed by atoms with E-state index in [2.05, 4.69) is 60.5 Å². The summed E-state index contributed by atoms with van der Waals surface area (Å²) in [7, 11) is 1.93. The third kappa shape index (κ3) is 4.31. The number of likely N-dealkylation sites (N-methyl/N-ethyl adjacent to an activating group) is 1. The van der Waals surface area contributed by atoms with E-state index in [1.165, 1.54) is 11.1 Å². The van der Waals surface area contributed by atoms with E-state index in [1.54, 1.807) is 0 Å². The van der Waals surface area contributed by atoms with Gasteiger partial charge in [-0.1, -0.05) is 47.1 Å². The summed E-state index contributed by atoms with van der Waals surface area (Å²) in [4.78, 5) is 9.54. The molecule has 2 aromatic heterocycles. The molecule has 0 aliphatic rings. The van der Waals surface area contributed by atoms with Crippen LogP contribution in [-0.2, 0) is 6.42 Å². The van der Waals surface area contributed by atoms with Crippen LogP contribution in [0.4, 0.5) is 0 Å². The van der Waals surface area contributed by atoms with E-state index in [4.69, 9.17) is 9.51 Å². The van der Waals surface area contributed by atoms with Gasteiger partial charge in [0.1, 0.15) is 0 Å². The summed E-state index contributed by atoms with van der Waals surface area (Å²) in [6.07, 6.45) is 0.715.